The van der Waals surface area contributed by atoms with E-state index in [1.165, 1.54) is 11.1 Å². The number of nitrogens with zero attached hydrogens (tertiary/aromatic N) is 1. The SMILES string of the molecule is CNCCCC(=O)N1C[C@@H](c2ccccc2C)C[C@H]1C. The number of amides is 1. The molecule has 0 bridgehead atoms. The first-order valence-corrected chi connectivity index (χ1v) is 7.63. The Morgan fingerprint density at radius 2 is 2.15 bits per heavy atom. The van der Waals surface area contributed by atoms with Crippen molar-refractivity contribution in [3.8, 4) is 0 Å². The van der Waals surface area contributed by atoms with Crippen LogP contribution in [0.5, 0.6) is 0 Å². The molecule has 1 saturated heterocycles. The summed E-state index contributed by atoms with van der Waals surface area (Å²) >= 11 is 0. The van der Waals surface area contributed by atoms with E-state index in [0.717, 1.165) is 25.9 Å². The van der Waals surface area contributed by atoms with Gasteiger partial charge >= 0.3 is 0 Å². The molecule has 1 amide bonds. The van der Waals surface area contributed by atoms with E-state index in [0.29, 0.717) is 24.3 Å². The zero-order chi connectivity index (χ0) is 14.5. The van der Waals surface area contributed by atoms with Crippen LogP contribution in [0.15, 0.2) is 24.3 Å². The highest BCUT2D eigenvalue weighted by molar-refractivity contribution is 5.77. The van der Waals surface area contributed by atoms with Gasteiger partial charge in [0.05, 0.1) is 0 Å². The van der Waals surface area contributed by atoms with Gasteiger partial charge in [-0.15, -0.1) is 0 Å². The lowest BCUT2D eigenvalue weighted by atomic mass is 9.93. The van der Waals surface area contributed by atoms with E-state index in [1.807, 2.05) is 7.05 Å². The fraction of sp³-hybridized carbons (Fsp3) is 0.588. The Balaban J connectivity index is 1.98. The molecule has 20 heavy (non-hydrogen) atoms. The second-order valence-corrected chi connectivity index (χ2v) is 5.89. The number of rotatable bonds is 5. The summed E-state index contributed by atoms with van der Waals surface area (Å²) in [5.41, 5.74) is 2.75. The fourth-order valence-electron chi connectivity index (χ4n) is 3.21. The first-order chi connectivity index (χ1) is 9.63. The average Bonchev–Trinajstić information content (AvgIpc) is 2.81. The normalized spacial score (nSPS) is 22.2. The van der Waals surface area contributed by atoms with Crippen molar-refractivity contribution in [2.24, 2.45) is 0 Å². The Morgan fingerprint density at radius 1 is 1.40 bits per heavy atom. The van der Waals surface area contributed by atoms with Crippen molar-refractivity contribution in [2.45, 2.75) is 45.1 Å². The Labute approximate surface area is 122 Å². The van der Waals surface area contributed by atoms with Crippen LogP contribution < -0.4 is 5.32 Å². The van der Waals surface area contributed by atoms with E-state index >= 15 is 0 Å². The third kappa shape index (κ3) is 3.40. The van der Waals surface area contributed by atoms with Crippen molar-refractivity contribution in [1.29, 1.82) is 0 Å². The molecule has 110 valence electrons. The molecule has 0 unspecified atom stereocenters. The molecule has 3 heteroatoms. The first-order valence-electron chi connectivity index (χ1n) is 7.63. The van der Waals surface area contributed by atoms with Crippen LogP contribution in [0, 0.1) is 6.92 Å². The zero-order valence-corrected chi connectivity index (χ0v) is 12.9. The van der Waals surface area contributed by atoms with Crippen LogP contribution >= 0.6 is 0 Å². The molecule has 2 rings (SSSR count). The molecule has 3 nitrogen and oxygen atoms in total. The Morgan fingerprint density at radius 3 is 2.85 bits per heavy atom. The van der Waals surface area contributed by atoms with Crippen LogP contribution in [-0.4, -0.2) is 37.0 Å². The van der Waals surface area contributed by atoms with Crippen molar-refractivity contribution in [3.63, 3.8) is 0 Å². The third-order valence-electron chi connectivity index (χ3n) is 4.34. The van der Waals surface area contributed by atoms with Crippen molar-refractivity contribution < 1.29 is 4.79 Å². The number of carbonyl (C=O) groups excluding carboxylic acids is 1. The van der Waals surface area contributed by atoms with E-state index < -0.39 is 0 Å². The van der Waals surface area contributed by atoms with Crippen molar-refractivity contribution in [1.82, 2.24) is 10.2 Å². The summed E-state index contributed by atoms with van der Waals surface area (Å²) in [6.45, 7) is 6.13. The number of nitrogens with one attached hydrogen (secondary N) is 1. The molecule has 1 heterocycles. The van der Waals surface area contributed by atoms with Crippen LogP contribution in [0.4, 0.5) is 0 Å². The topological polar surface area (TPSA) is 32.3 Å². The van der Waals surface area contributed by atoms with Gasteiger partial charge in [0.1, 0.15) is 0 Å². The van der Waals surface area contributed by atoms with Gasteiger partial charge in [-0.3, -0.25) is 4.79 Å². The third-order valence-corrected chi connectivity index (χ3v) is 4.34. The van der Waals surface area contributed by atoms with Gasteiger partial charge in [-0.25, -0.2) is 0 Å². The van der Waals surface area contributed by atoms with Gasteiger partial charge in [0.2, 0.25) is 5.91 Å². The van der Waals surface area contributed by atoms with E-state index in [-0.39, 0.29) is 0 Å². The second kappa shape index (κ2) is 6.89. The molecular formula is C17H26N2O. The van der Waals surface area contributed by atoms with E-state index in [4.69, 9.17) is 0 Å². The van der Waals surface area contributed by atoms with Gasteiger partial charge in [-0.1, -0.05) is 24.3 Å². The van der Waals surface area contributed by atoms with E-state index in [1.54, 1.807) is 0 Å². The maximum atomic E-state index is 12.3. The molecule has 0 aromatic heterocycles. The molecular weight excluding hydrogens is 248 g/mol. The van der Waals surface area contributed by atoms with E-state index in [2.05, 4.69) is 48.3 Å². The Kier molecular flexibility index (Phi) is 5.18. The van der Waals surface area contributed by atoms with Gasteiger partial charge in [0.25, 0.3) is 0 Å². The summed E-state index contributed by atoms with van der Waals surface area (Å²) in [7, 11) is 1.93. The van der Waals surface area contributed by atoms with Crippen LogP contribution in [0.3, 0.4) is 0 Å². The molecule has 0 radical (unpaired) electrons. The molecule has 1 fully saturated rings. The van der Waals surface area contributed by atoms with Crippen molar-refractivity contribution in [2.75, 3.05) is 20.1 Å². The minimum atomic E-state index is 0.309. The lowest BCUT2D eigenvalue weighted by Gasteiger charge is -2.21. The van der Waals surface area contributed by atoms with Crippen LogP contribution in [0.2, 0.25) is 0 Å². The molecule has 2 atom stereocenters. The Hall–Kier alpha value is -1.35. The second-order valence-electron chi connectivity index (χ2n) is 5.89. The van der Waals surface area contributed by atoms with Crippen LogP contribution in [0.1, 0.15) is 43.2 Å². The summed E-state index contributed by atoms with van der Waals surface area (Å²) < 4.78 is 0. The molecule has 1 aromatic rings. The Bertz CT molecular complexity index is 458. The lowest BCUT2D eigenvalue weighted by molar-refractivity contribution is -0.131. The summed E-state index contributed by atoms with van der Waals surface area (Å²) in [4.78, 5) is 14.4. The molecule has 1 N–H and O–H groups in total. The summed E-state index contributed by atoms with van der Waals surface area (Å²) in [6, 6.07) is 8.92. The van der Waals surface area contributed by atoms with Crippen molar-refractivity contribution >= 4 is 5.91 Å². The number of likely N-dealkylation sites (tertiary alicyclic amines) is 1. The minimum absolute atomic E-state index is 0.309. The number of carbonyl (C=O) groups is 1. The highest BCUT2D eigenvalue weighted by Crippen LogP contribution is 2.33. The molecule has 0 saturated carbocycles. The highest BCUT2D eigenvalue weighted by Gasteiger charge is 2.33. The van der Waals surface area contributed by atoms with Gasteiger partial charge < -0.3 is 10.2 Å². The molecule has 1 aliphatic heterocycles. The van der Waals surface area contributed by atoms with Gasteiger partial charge in [-0.05, 0) is 51.4 Å². The highest BCUT2D eigenvalue weighted by atomic mass is 16.2. The smallest absolute Gasteiger partial charge is 0.222 e. The van der Waals surface area contributed by atoms with Gasteiger partial charge in [-0.2, -0.15) is 0 Å². The zero-order valence-electron chi connectivity index (χ0n) is 12.9. The molecule has 0 spiro atoms. The first kappa shape index (κ1) is 15.0. The monoisotopic (exact) mass is 274 g/mol. The number of hydrogen-bond acceptors (Lipinski definition) is 2. The average molecular weight is 274 g/mol. The fourth-order valence-corrected chi connectivity index (χ4v) is 3.21. The number of benzene rings is 1. The molecule has 1 aliphatic rings. The molecule has 1 aromatic carbocycles. The summed E-state index contributed by atoms with van der Waals surface area (Å²) in [6.07, 6.45) is 2.67. The van der Waals surface area contributed by atoms with Gasteiger partial charge in [0.15, 0.2) is 0 Å². The molecule has 0 aliphatic carbocycles. The quantitative estimate of drug-likeness (QED) is 0.837. The summed E-state index contributed by atoms with van der Waals surface area (Å²) in [5, 5.41) is 3.10. The maximum absolute atomic E-state index is 12.3. The van der Waals surface area contributed by atoms with E-state index in [9.17, 15) is 4.79 Å². The standard InChI is InChI=1S/C17H26N2O/c1-13-7-4-5-8-16(13)15-11-14(2)19(12-15)17(20)9-6-10-18-3/h4-5,7-8,14-15,18H,6,9-12H2,1-3H3/t14-,15+/m1/s1. The number of aryl methyl sites for hydroxylation is 1. The predicted molar refractivity (Wildman–Crippen MR) is 82.9 cm³/mol. The lowest BCUT2D eigenvalue weighted by Crippen LogP contribution is -2.34. The predicted octanol–water partition coefficient (Wildman–Crippen LogP) is 2.70. The largest absolute Gasteiger partial charge is 0.339 e. The maximum Gasteiger partial charge on any atom is 0.222 e. The summed E-state index contributed by atoms with van der Waals surface area (Å²) in [5.74, 6) is 0.809. The van der Waals surface area contributed by atoms with Crippen LogP contribution in [0.25, 0.3) is 0 Å². The minimum Gasteiger partial charge on any atom is -0.339 e. The van der Waals surface area contributed by atoms with Gasteiger partial charge in [0, 0.05) is 24.9 Å². The number of hydrogen-bond donors (Lipinski definition) is 1. The van der Waals surface area contributed by atoms with Crippen molar-refractivity contribution in [3.05, 3.63) is 35.4 Å². The van der Waals surface area contributed by atoms with Crippen LogP contribution in [-0.2, 0) is 4.79 Å².